The number of benzene rings is 1. The topological polar surface area (TPSA) is 297 Å². The molecule has 2 bridgehead atoms. The SMILES string of the molecule is Nc1ncnc2c1ncn2[C@@H]1OC2COP(=O)(O)O[C@@H]3[C@H](O)[C@@H](COP(=O)(O)O[C@H]2[C@H]1O)O[C@H]3n1nnc2c(N)cccc21. The number of ether oxygens (including phenoxy) is 2. The van der Waals surface area contributed by atoms with Crippen LogP contribution in [0.5, 0.6) is 0 Å². The average Bonchev–Trinajstić information content (AvgIpc) is 3.73. The largest absolute Gasteiger partial charge is 0.472 e. The van der Waals surface area contributed by atoms with Crippen LogP contribution in [0.3, 0.4) is 0 Å². The molecule has 0 radical (unpaired) electrons. The minimum atomic E-state index is -5.04. The Hall–Kier alpha value is -3.17. The molecule has 0 amide bonds. The van der Waals surface area contributed by atoms with E-state index in [0.29, 0.717) is 5.52 Å². The molecule has 7 rings (SSSR count). The van der Waals surface area contributed by atoms with E-state index in [9.17, 15) is 29.1 Å². The Labute approximate surface area is 245 Å². The molecule has 23 heteroatoms. The van der Waals surface area contributed by atoms with E-state index in [1.54, 1.807) is 18.2 Å². The molecule has 6 heterocycles. The number of nitrogens with two attached hydrogens (primary N) is 2. The van der Waals surface area contributed by atoms with Crippen molar-refractivity contribution in [1.29, 1.82) is 0 Å². The minimum absolute atomic E-state index is 0.0507. The Morgan fingerprint density at radius 1 is 0.864 bits per heavy atom. The zero-order valence-corrected chi connectivity index (χ0v) is 23.9. The van der Waals surface area contributed by atoms with Gasteiger partial charge >= 0.3 is 15.6 Å². The molecular formula is C21H25N9O12P2. The summed E-state index contributed by atoms with van der Waals surface area (Å²) >= 11 is 0. The zero-order valence-electron chi connectivity index (χ0n) is 22.2. The molecule has 3 saturated heterocycles. The van der Waals surface area contributed by atoms with Crippen molar-refractivity contribution in [2.45, 2.75) is 49.1 Å². The molecule has 3 aliphatic heterocycles. The third kappa shape index (κ3) is 5.06. The molecule has 0 aliphatic carbocycles. The third-order valence-electron chi connectivity index (χ3n) is 7.37. The standard InChI is InChI=1S/C21H25N9O12P2/c22-8-2-1-3-9-12(8)27-28-30(9)21-17-14(31)10(39-21)4-37-43(33,34)41-16-11(5-38-44(35,36)42-17)40-20(15(16)32)29-7-26-13-18(23)24-6-25-19(13)29/h1-3,6-7,10-11,14-17,20-21,31-32H,4-5,22H2,(H,33,34)(H,35,36)(H2,23,24,25)/t10-,11?,14-,15-,16-,17-,20-,21-/m1/s1. The Bertz CT molecular complexity index is 1820. The van der Waals surface area contributed by atoms with Crippen LogP contribution in [-0.4, -0.2) is 104 Å². The van der Waals surface area contributed by atoms with Gasteiger partial charge in [0.05, 0.1) is 30.7 Å². The maximum atomic E-state index is 13.2. The molecule has 3 unspecified atom stereocenters. The summed E-state index contributed by atoms with van der Waals surface area (Å²) in [6, 6.07) is 4.79. The van der Waals surface area contributed by atoms with Crippen LogP contribution in [0, 0.1) is 0 Å². The van der Waals surface area contributed by atoms with E-state index in [1.165, 1.54) is 15.6 Å². The number of hydrogen-bond donors (Lipinski definition) is 6. The molecule has 3 fully saturated rings. The Morgan fingerprint density at radius 2 is 1.57 bits per heavy atom. The third-order valence-corrected chi connectivity index (χ3v) is 9.34. The number of aliphatic hydroxyl groups is 2. The van der Waals surface area contributed by atoms with Gasteiger partial charge < -0.3 is 40.9 Å². The monoisotopic (exact) mass is 657 g/mol. The van der Waals surface area contributed by atoms with Crippen LogP contribution in [0.1, 0.15) is 12.5 Å². The van der Waals surface area contributed by atoms with Crippen LogP contribution in [0.4, 0.5) is 11.5 Å². The second kappa shape index (κ2) is 10.7. The lowest BCUT2D eigenvalue weighted by Crippen LogP contribution is -2.36. The molecule has 3 aromatic heterocycles. The first-order chi connectivity index (χ1) is 20.9. The van der Waals surface area contributed by atoms with Crippen LogP contribution in [0.2, 0.25) is 0 Å². The van der Waals surface area contributed by atoms with Gasteiger partial charge in [0.1, 0.15) is 54.0 Å². The van der Waals surface area contributed by atoms with E-state index in [0.717, 1.165) is 6.33 Å². The first kappa shape index (κ1) is 29.5. The van der Waals surface area contributed by atoms with Crippen LogP contribution in [-0.2, 0) is 36.7 Å². The summed E-state index contributed by atoms with van der Waals surface area (Å²) in [5.41, 5.74) is 13.1. The molecule has 4 aromatic rings. The van der Waals surface area contributed by atoms with Gasteiger partial charge in [-0.3, -0.25) is 22.7 Å². The number of fused-ring (bicyclic) bond motifs is 5. The van der Waals surface area contributed by atoms with Crippen molar-refractivity contribution in [3.05, 3.63) is 30.9 Å². The summed E-state index contributed by atoms with van der Waals surface area (Å²) in [6.45, 7) is -1.55. The number of anilines is 2. The highest BCUT2D eigenvalue weighted by molar-refractivity contribution is 7.47. The van der Waals surface area contributed by atoms with Gasteiger partial charge in [-0.25, -0.2) is 28.8 Å². The van der Waals surface area contributed by atoms with E-state index in [1.807, 2.05) is 0 Å². The molecule has 236 valence electrons. The van der Waals surface area contributed by atoms with Gasteiger partial charge in [-0.15, -0.1) is 5.10 Å². The van der Waals surface area contributed by atoms with Gasteiger partial charge in [0.15, 0.2) is 23.9 Å². The molecule has 1 aromatic carbocycles. The second-order valence-corrected chi connectivity index (χ2v) is 12.9. The number of phosphoric ester groups is 2. The van der Waals surface area contributed by atoms with Crippen LogP contribution < -0.4 is 11.5 Å². The molecule has 0 spiro atoms. The van der Waals surface area contributed by atoms with E-state index in [4.69, 9.17) is 39.0 Å². The molecule has 10 atom stereocenters. The predicted molar refractivity (Wildman–Crippen MR) is 143 cm³/mol. The van der Waals surface area contributed by atoms with Gasteiger partial charge in [-0.05, 0) is 12.1 Å². The van der Waals surface area contributed by atoms with Crippen molar-refractivity contribution in [3.63, 3.8) is 0 Å². The fourth-order valence-corrected chi connectivity index (χ4v) is 7.21. The Morgan fingerprint density at radius 3 is 2.34 bits per heavy atom. The summed E-state index contributed by atoms with van der Waals surface area (Å²) in [5.74, 6) is 0.0507. The fourth-order valence-electron chi connectivity index (χ4n) is 5.31. The fraction of sp³-hybridized carbons (Fsp3) is 0.476. The molecular weight excluding hydrogens is 632 g/mol. The molecule has 3 aliphatic rings. The van der Waals surface area contributed by atoms with Crippen LogP contribution in [0.15, 0.2) is 30.9 Å². The number of rotatable bonds is 2. The van der Waals surface area contributed by atoms with Crippen molar-refractivity contribution < 1.29 is 56.7 Å². The molecule has 44 heavy (non-hydrogen) atoms. The zero-order chi connectivity index (χ0) is 31.0. The summed E-state index contributed by atoms with van der Waals surface area (Å²) in [6.07, 6.45) is -9.78. The number of hydrogen-bond acceptors (Lipinski definition) is 17. The Balaban J connectivity index is 1.20. The molecule has 0 saturated carbocycles. The van der Waals surface area contributed by atoms with E-state index >= 15 is 0 Å². The summed E-state index contributed by atoms with van der Waals surface area (Å²) in [4.78, 5) is 33.3. The van der Waals surface area contributed by atoms with Gasteiger partial charge in [0.2, 0.25) is 0 Å². The predicted octanol–water partition coefficient (Wildman–Crippen LogP) is -1.03. The lowest BCUT2D eigenvalue weighted by atomic mass is 10.1. The van der Waals surface area contributed by atoms with Crippen molar-refractivity contribution >= 4 is 49.3 Å². The average molecular weight is 657 g/mol. The lowest BCUT2D eigenvalue weighted by Gasteiger charge is -2.25. The van der Waals surface area contributed by atoms with Gasteiger partial charge in [-0.1, -0.05) is 11.3 Å². The van der Waals surface area contributed by atoms with Gasteiger partial charge in [-0.2, -0.15) is 0 Å². The summed E-state index contributed by atoms with van der Waals surface area (Å²) in [5, 5.41) is 30.1. The smallest absolute Gasteiger partial charge is 0.397 e. The van der Waals surface area contributed by atoms with E-state index < -0.39 is 77.9 Å². The van der Waals surface area contributed by atoms with Crippen LogP contribution in [0.25, 0.3) is 22.2 Å². The minimum Gasteiger partial charge on any atom is -0.397 e. The lowest BCUT2D eigenvalue weighted by molar-refractivity contribution is -0.0706. The highest BCUT2D eigenvalue weighted by Gasteiger charge is 2.54. The summed E-state index contributed by atoms with van der Waals surface area (Å²) in [7, 11) is -10.1. The first-order valence-corrected chi connectivity index (χ1v) is 15.9. The summed E-state index contributed by atoms with van der Waals surface area (Å²) < 4.78 is 61.3. The van der Waals surface area contributed by atoms with Crippen molar-refractivity contribution in [2.24, 2.45) is 0 Å². The van der Waals surface area contributed by atoms with E-state index in [-0.39, 0.29) is 28.2 Å². The second-order valence-electron chi connectivity index (χ2n) is 10.1. The number of nitrogen functional groups attached to an aromatic ring is 2. The molecule has 8 N–H and O–H groups in total. The van der Waals surface area contributed by atoms with Crippen molar-refractivity contribution in [3.8, 4) is 0 Å². The highest BCUT2D eigenvalue weighted by atomic mass is 31.2. The number of nitrogens with zero attached hydrogens (tertiary/aromatic N) is 7. The van der Waals surface area contributed by atoms with Crippen molar-refractivity contribution in [1.82, 2.24) is 34.5 Å². The number of phosphoric acid groups is 2. The maximum absolute atomic E-state index is 13.2. The highest BCUT2D eigenvalue weighted by Crippen LogP contribution is 2.53. The maximum Gasteiger partial charge on any atom is 0.472 e. The van der Waals surface area contributed by atoms with Crippen LogP contribution >= 0.6 is 15.6 Å². The quantitative estimate of drug-likeness (QED) is 0.111. The number of aliphatic hydroxyl groups excluding tert-OH is 2. The Kier molecular flexibility index (Phi) is 7.20. The first-order valence-electron chi connectivity index (χ1n) is 12.9. The van der Waals surface area contributed by atoms with Gasteiger partial charge in [0, 0.05) is 0 Å². The van der Waals surface area contributed by atoms with Crippen molar-refractivity contribution in [2.75, 3.05) is 24.7 Å². The number of imidazole rings is 1. The normalized spacial score (nSPS) is 38.3. The van der Waals surface area contributed by atoms with E-state index in [2.05, 4.69) is 25.3 Å². The van der Waals surface area contributed by atoms with Gasteiger partial charge in [0.25, 0.3) is 0 Å². The number of aromatic nitrogens is 7. The molecule has 21 nitrogen and oxygen atoms in total.